The minimum absolute atomic E-state index is 0.705. The number of hydrogen-bond donors (Lipinski definition) is 1. The van der Waals surface area contributed by atoms with Crippen molar-refractivity contribution in [2.75, 3.05) is 19.5 Å². The first-order valence-corrected chi connectivity index (χ1v) is 6.72. The van der Waals surface area contributed by atoms with Gasteiger partial charge in [0.25, 0.3) is 0 Å². The van der Waals surface area contributed by atoms with E-state index in [4.69, 9.17) is 21.1 Å². The Morgan fingerprint density at radius 2 is 1.75 bits per heavy atom. The highest BCUT2D eigenvalue weighted by Gasteiger charge is 2.06. The molecule has 2 aromatic rings. The van der Waals surface area contributed by atoms with Gasteiger partial charge in [-0.15, -0.1) is 0 Å². The second-order valence-corrected chi connectivity index (χ2v) is 4.91. The molecule has 1 N–H and O–H groups in total. The molecule has 0 radical (unpaired) electrons. The highest BCUT2D eigenvalue weighted by Crippen LogP contribution is 2.31. The molecule has 0 aliphatic heterocycles. The molecule has 0 aromatic heterocycles. The standard InChI is InChI=1S/C16H18ClNO2/c1-11-8-15(16(20-3)9-14(11)17)18-10-12-4-6-13(19-2)7-5-12/h4-9,18H,10H2,1-3H3. The molecule has 0 fully saturated rings. The Labute approximate surface area is 124 Å². The molecule has 0 bridgehead atoms. The van der Waals surface area contributed by atoms with Crippen LogP contribution >= 0.6 is 11.6 Å². The van der Waals surface area contributed by atoms with Crippen molar-refractivity contribution < 1.29 is 9.47 Å². The number of halogens is 1. The second kappa shape index (κ2) is 6.53. The Kier molecular flexibility index (Phi) is 4.74. The summed E-state index contributed by atoms with van der Waals surface area (Å²) in [5.74, 6) is 1.60. The van der Waals surface area contributed by atoms with Crippen LogP contribution < -0.4 is 14.8 Å². The van der Waals surface area contributed by atoms with Gasteiger partial charge in [-0.25, -0.2) is 0 Å². The van der Waals surface area contributed by atoms with Gasteiger partial charge in [-0.1, -0.05) is 23.7 Å². The summed E-state index contributed by atoms with van der Waals surface area (Å²) in [6.07, 6.45) is 0. The first-order valence-electron chi connectivity index (χ1n) is 6.35. The zero-order valence-electron chi connectivity index (χ0n) is 11.9. The van der Waals surface area contributed by atoms with Gasteiger partial charge in [-0.2, -0.15) is 0 Å². The quantitative estimate of drug-likeness (QED) is 0.892. The van der Waals surface area contributed by atoms with Crippen molar-refractivity contribution in [1.29, 1.82) is 0 Å². The predicted molar refractivity (Wildman–Crippen MR) is 83.1 cm³/mol. The molecule has 0 unspecified atom stereocenters. The van der Waals surface area contributed by atoms with Crippen molar-refractivity contribution in [3.63, 3.8) is 0 Å². The van der Waals surface area contributed by atoms with E-state index in [2.05, 4.69) is 5.32 Å². The van der Waals surface area contributed by atoms with E-state index in [1.807, 2.05) is 43.3 Å². The molecule has 0 atom stereocenters. The van der Waals surface area contributed by atoms with Gasteiger partial charge in [0.2, 0.25) is 0 Å². The third-order valence-electron chi connectivity index (χ3n) is 3.12. The molecular weight excluding hydrogens is 274 g/mol. The number of rotatable bonds is 5. The lowest BCUT2D eigenvalue weighted by atomic mass is 10.1. The van der Waals surface area contributed by atoms with Crippen molar-refractivity contribution in [2.24, 2.45) is 0 Å². The zero-order chi connectivity index (χ0) is 14.5. The van der Waals surface area contributed by atoms with E-state index in [1.165, 1.54) is 5.56 Å². The molecule has 3 nitrogen and oxygen atoms in total. The van der Waals surface area contributed by atoms with Crippen LogP contribution in [0.15, 0.2) is 36.4 Å². The Hall–Kier alpha value is -1.87. The van der Waals surface area contributed by atoms with Crippen molar-refractivity contribution in [2.45, 2.75) is 13.5 Å². The topological polar surface area (TPSA) is 30.5 Å². The van der Waals surface area contributed by atoms with Crippen LogP contribution in [0.2, 0.25) is 5.02 Å². The minimum Gasteiger partial charge on any atom is -0.497 e. The van der Waals surface area contributed by atoms with Gasteiger partial charge in [0, 0.05) is 17.6 Å². The van der Waals surface area contributed by atoms with Gasteiger partial charge in [0.1, 0.15) is 11.5 Å². The molecule has 20 heavy (non-hydrogen) atoms. The lowest BCUT2D eigenvalue weighted by molar-refractivity contribution is 0.414. The fraction of sp³-hybridized carbons (Fsp3) is 0.250. The monoisotopic (exact) mass is 291 g/mol. The number of ether oxygens (including phenoxy) is 2. The molecule has 0 saturated heterocycles. The predicted octanol–water partition coefficient (Wildman–Crippen LogP) is 4.28. The summed E-state index contributed by atoms with van der Waals surface area (Å²) >= 11 is 6.09. The van der Waals surface area contributed by atoms with Crippen LogP contribution in [0.4, 0.5) is 5.69 Å². The van der Waals surface area contributed by atoms with Gasteiger partial charge in [0.15, 0.2) is 0 Å². The van der Waals surface area contributed by atoms with Crippen LogP contribution in [-0.2, 0) is 6.54 Å². The van der Waals surface area contributed by atoms with Gasteiger partial charge in [-0.05, 0) is 36.2 Å². The molecule has 0 amide bonds. The van der Waals surface area contributed by atoms with E-state index >= 15 is 0 Å². The number of aryl methyl sites for hydroxylation is 1. The van der Waals surface area contributed by atoms with Crippen molar-refractivity contribution in [3.05, 3.63) is 52.5 Å². The number of anilines is 1. The average molecular weight is 292 g/mol. The van der Waals surface area contributed by atoms with Crippen molar-refractivity contribution >= 4 is 17.3 Å². The van der Waals surface area contributed by atoms with Crippen LogP contribution in [0, 0.1) is 6.92 Å². The Morgan fingerprint density at radius 1 is 1.05 bits per heavy atom. The minimum atomic E-state index is 0.705. The zero-order valence-corrected chi connectivity index (χ0v) is 12.6. The summed E-state index contributed by atoms with van der Waals surface area (Å²) in [5.41, 5.74) is 3.12. The Balaban J connectivity index is 2.11. The molecule has 0 saturated carbocycles. The fourth-order valence-corrected chi connectivity index (χ4v) is 2.06. The summed E-state index contributed by atoms with van der Waals surface area (Å²) in [7, 11) is 3.30. The van der Waals surface area contributed by atoms with Crippen LogP contribution in [0.25, 0.3) is 0 Å². The van der Waals surface area contributed by atoms with Crippen LogP contribution in [0.5, 0.6) is 11.5 Å². The van der Waals surface area contributed by atoms with E-state index in [9.17, 15) is 0 Å². The van der Waals surface area contributed by atoms with Crippen LogP contribution in [-0.4, -0.2) is 14.2 Å². The molecule has 2 aromatic carbocycles. The smallest absolute Gasteiger partial charge is 0.143 e. The number of hydrogen-bond acceptors (Lipinski definition) is 3. The van der Waals surface area contributed by atoms with Gasteiger partial charge in [0.05, 0.1) is 19.9 Å². The molecule has 2 rings (SSSR count). The highest BCUT2D eigenvalue weighted by atomic mass is 35.5. The highest BCUT2D eigenvalue weighted by molar-refractivity contribution is 6.31. The van der Waals surface area contributed by atoms with E-state index in [0.717, 1.165) is 22.7 Å². The lowest BCUT2D eigenvalue weighted by Gasteiger charge is -2.13. The molecule has 4 heteroatoms. The van der Waals surface area contributed by atoms with Gasteiger partial charge in [-0.3, -0.25) is 0 Å². The number of methoxy groups -OCH3 is 2. The summed E-state index contributed by atoms with van der Waals surface area (Å²) in [5, 5.41) is 4.07. The molecule has 106 valence electrons. The first kappa shape index (κ1) is 14.5. The van der Waals surface area contributed by atoms with Crippen molar-refractivity contribution in [1.82, 2.24) is 0 Å². The maximum atomic E-state index is 6.09. The normalized spacial score (nSPS) is 10.2. The van der Waals surface area contributed by atoms with Crippen molar-refractivity contribution in [3.8, 4) is 11.5 Å². The Morgan fingerprint density at radius 3 is 2.35 bits per heavy atom. The number of nitrogens with one attached hydrogen (secondary N) is 1. The average Bonchev–Trinajstić information content (AvgIpc) is 2.48. The third-order valence-corrected chi connectivity index (χ3v) is 3.53. The second-order valence-electron chi connectivity index (χ2n) is 4.50. The summed E-state index contributed by atoms with van der Waals surface area (Å²) in [6, 6.07) is 11.8. The molecule has 0 aliphatic rings. The summed E-state index contributed by atoms with van der Waals surface area (Å²) < 4.78 is 10.5. The van der Waals surface area contributed by atoms with E-state index < -0.39 is 0 Å². The maximum absolute atomic E-state index is 6.09. The van der Waals surface area contributed by atoms with E-state index in [1.54, 1.807) is 14.2 Å². The summed E-state index contributed by atoms with van der Waals surface area (Å²) in [6.45, 7) is 2.68. The van der Waals surface area contributed by atoms with Gasteiger partial charge >= 0.3 is 0 Å². The van der Waals surface area contributed by atoms with Crippen LogP contribution in [0.1, 0.15) is 11.1 Å². The van der Waals surface area contributed by atoms with Gasteiger partial charge < -0.3 is 14.8 Å². The third kappa shape index (κ3) is 3.36. The molecule has 0 aliphatic carbocycles. The lowest BCUT2D eigenvalue weighted by Crippen LogP contribution is -2.02. The van der Waals surface area contributed by atoms with E-state index in [0.29, 0.717) is 11.6 Å². The van der Waals surface area contributed by atoms with E-state index in [-0.39, 0.29) is 0 Å². The largest absolute Gasteiger partial charge is 0.497 e. The fourth-order valence-electron chi connectivity index (χ4n) is 1.91. The SMILES string of the molecule is COc1ccc(CNc2cc(C)c(Cl)cc2OC)cc1. The summed E-state index contributed by atoms with van der Waals surface area (Å²) in [4.78, 5) is 0. The molecular formula is C16H18ClNO2. The molecule has 0 spiro atoms. The van der Waals surface area contributed by atoms with Crippen LogP contribution in [0.3, 0.4) is 0 Å². The first-order chi connectivity index (χ1) is 9.63. The number of benzene rings is 2. The molecule has 0 heterocycles. The Bertz CT molecular complexity index is 582. The maximum Gasteiger partial charge on any atom is 0.143 e.